The highest BCUT2D eigenvalue weighted by Gasteiger charge is 2.61. The summed E-state index contributed by atoms with van der Waals surface area (Å²) in [6.45, 7) is 13.2. The lowest BCUT2D eigenvalue weighted by molar-refractivity contribution is -0.146. The van der Waals surface area contributed by atoms with Gasteiger partial charge in [0.25, 0.3) is 0 Å². The van der Waals surface area contributed by atoms with Gasteiger partial charge in [-0.15, -0.1) is 17.9 Å². The maximum absolute atomic E-state index is 14.7. The smallest absolute Gasteiger partial charge is 0.408 e. The molecular formula is C40H49ClN6O8S. The number of ether oxygens (including phenoxy) is 3. The van der Waals surface area contributed by atoms with Crippen molar-refractivity contribution in [3.05, 3.63) is 41.3 Å². The number of carboxylic acid groups (broad SMARTS) is 1. The lowest BCUT2D eigenvalue weighted by Crippen LogP contribution is -2.59. The SMILES string of the molecule is C=CC1C[C@]1(NC(=O)[C@@H]1C[C@@H](Oc2cc(-c3csc(NC(C)C)n3)nc3c(Cl)c(OC)ccc23)CN1C(=O)[C@@H](NC(=O)OC1C[C@@H]2C[C@@H]2C1)C(C)(C)C)C(=O)O. The zero-order valence-electron chi connectivity index (χ0n) is 32.4. The van der Waals surface area contributed by atoms with Crippen molar-refractivity contribution in [2.45, 2.75) is 103 Å². The second kappa shape index (κ2) is 15.0. The Morgan fingerprint density at radius 1 is 1.07 bits per heavy atom. The van der Waals surface area contributed by atoms with Gasteiger partial charge in [-0.1, -0.05) is 38.4 Å². The first kappa shape index (κ1) is 39.6. The van der Waals surface area contributed by atoms with Gasteiger partial charge in [-0.2, -0.15) is 0 Å². The van der Waals surface area contributed by atoms with E-state index in [4.69, 9.17) is 35.8 Å². The molecule has 1 aliphatic heterocycles. The third-order valence-corrected chi connectivity index (χ3v) is 12.4. The number of carbonyl (C=O) groups is 4. The molecule has 14 nitrogen and oxygen atoms in total. The fraction of sp³-hybridized carbons (Fsp3) is 0.550. The number of halogens is 1. The summed E-state index contributed by atoms with van der Waals surface area (Å²) in [6.07, 6.45) is 2.89. The van der Waals surface area contributed by atoms with Gasteiger partial charge in [-0.3, -0.25) is 9.59 Å². The van der Waals surface area contributed by atoms with Gasteiger partial charge in [0.2, 0.25) is 11.8 Å². The Kier molecular flexibility index (Phi) is 10.6. The number of aliphatic carboxylic acids is 1. The number of methoxy groups -OCH3 is 1. The second-order valence-corrected chi connectivity index (χ2v) is 18.0. The third-order valence-electron chi connectivity index (χ3n) is 11.3. The molecule has 0 spiro atoms. The van der Waals surface area contributed by atoms with E-state index in [0.29, 0.717) is 50.8 Å². The number of anilines is 1. The summed E-state index contributed by atoms with van der Waals surface area (Å²) in [5.74, 6) is -0.804. The maximum atomic E-state index is 14.7. The van der Waals surface area contributed by atoms with Gasteiger partial charge in [0, 0.05) is 35.2 Å². The number of benzene rings is 1. The van der Waals surface area contributed by atoms with Crippen LogP contribution in [0, 0.1) is 23.2 Å². The fourth-order valence-electron chi connectivity index (χ4n) is 8.05. The molecule has 1 aromatic carbocycles. The number of nitrogens with one attached hydrogen (secondary N) is 3. The highest BCUT2D eigenvalue weighted by atomic mass is 35.5. The molecule has 4 N–H and O–H groups in total. The zero-order chi connectivity index (χ0) is 40.3. The zero-order valence-corrected chi connectivity index (χ0v) is 34.0. The highest BCUT2D eigenvalue weighted by molar-refractivity contribution is 7.14. The van der Waals surface area contributed by atoms with E-state index in [1.54, 1.807) is 18.2 Å². The Balaban J connectivity index is 1.20. The first-order valence-corrected chi connectivity index (χ1v) is 20.3. The minimum Gasteiger partial charge on any atom is -0.495 e. The summed E-state index contributed by atoms with van der Waals surface area (Å²) in [4.78, 5) is 65.4. The number of carboxylic acids is 1. The number of pyridine rings is 1. The Morgan fingerprint density at radius 3 is 2.43 bits per heavy atom. The van der Waals surface area contributed by atoms with Crippen molar-refractivity contribution in [2.75, 3.05) is 19.0 Å². The number of carbonyl (C=O) groups excluding carboxylic acids is 3. The summed E-state index contributed by atoms with van der Waals surface area (Å²) >= 11 is 8.24. The quantitative estimate of drug-likeness (QED) is 0.143. The van der Waals surface area contributed by atoms with Crippen LogP contribution in [0.15, 0.2) is 36.2 Å². The van der Waals surface area contributed by atoms with Gasteiger partial charge in [0.1, 0.15) is 52.0 Å². The van der Waals surface area contributed by atoms with E-state index in [1.807, 2.05) is 40.0 Å². The van der Waals surface area contributed by atoms with E-state index in [-0.39, 0.29) is 36.6 Å². The van der Waals surface area contributed by atoms with E-state index in [9.17, 15) is 24.3 Å². The van der Waals surface area contributed by atoms with Crippen LogP contribution in [0.2, 0.25) is 5.02 Å². The van der Waals surface area contributed by atoms with Crippen LogP contribution in [0.1, 0.15) is 66.7 Å². The predicted molar refractivity (Wildman–Crippen MR) is 212 cm³/mol. The predicted octanol–water partition coefficient (Wildman–Crippen LogP) is 6.27. The van der Waals surface area contributed by atoms with Crippen LogP contribution in [0.4, 0.5) is 9.93 Å². The van der Waals surface area contributed by atoms with Crippen LogP contribution in [0.25, 0.3) is 22.3 Å². The van der Waals surface area contributed by atoms with Gasteiger partial charge in [-0.05, 0) is 68.9 Å². The first-order valence-electron chi connectivity index (χ1n) is 19.0. The van der Waals surface area contributed by atoms with Crippen LogP contribution in [0.5, 0.6) is 11.5 Å². The van der Waals surface area contributed by atoms with E-state index in [2.05, 4.69) is 22.5 Å². The van der Waals surface area contributed by atoms with Crippen molar-refractivity contribution in [1.82, 2.24) is 25.5 Å². The molecule has 2 unspecified atom stereocenters. The average molecular weight is 809 g/mol. The molecule has 3 heterocycles. The number of likely N-dealkylation sites (tertiary alicyclic amines) is 1. The molecule has 56 heavy (non-hydrogen) atoms. The minimum absolute atomic E-state index is 0.0282. The standard InChI is InChI=1S/C40H49ClN6O8S/c1-8-22-16-40(22,36(50)51)46-34(48)28-14-24(17-47(28)35(49)33(39(4,5)6)45-38(52)55-23-12-20-11-21(20)13-23)54-30-15-26(27-18-56-37(44-27)42-19(2)3)43-32-25(30)9-10-29(53-7)31(32)41/h8-10,15,18-24,28,33H,1,11-14,16-17H2,2-7H3,(H,42,44)(H,45,52)(H,46,48)(H,50,51)/t20-,21+,22?,23?,24-,28+,33-,40-/m1/s1. The minimum atomic E-state index is -1.53. The molecule has 3 saturated carbocycles. The normalized spacial score (nSPS) is 27.0. The Morgan fingerprint density at radius 2 is 1.80 bits per heavy atom. The van der Waals surface area contributed by atoms with E-state index >= 15 is 0 Å². The molecule has 3 amide bonds. The summed E-state index contributed by atoms with van der Waals surface area (Å²) in [6, 6.07) is 3.20. The van der Waals surface area contributed by atoms with Gasteiger partial charge in [0.05, 0.1) is 24.9 Å². The number of hydrogen-bond acceptors (Lipinski definition) is 11. The first-order chi connectivity index (χ1) is 26.5. The van der Waals surface area contributed by atoms with Crippen molar-refractivity contribution >= 4 is 62.8 Å². The summed E-state index contributed by atoms with van der Waals surface area (Å²) in [7, 11) is 1.51. The average Bonchev–Trinajstić information content (AvgIpc) is 3.80. The van der Waals surface area contributed by atoms with Gasteiger partial charge < -0.3 is 40.2 Å². The highest BCUT2D eigenvalue weighted by Crippen LogP contribution is 2.52. The molecule has 1 saturated heterocycles. The molecule has 2 aromatic heterocycles. The molecule has 16 heteroatoms. The largest absolute Gasteiger partial charge is 0.495 e. The molecule has 0 bridgehead atoms. The Bertz CT molecular complexity index is 2060. The number of nitrogens with zero attached hydrogens (tertiary/aromatic N) is 3. The molecular weight excluding hydrogens is 760 g/mol. The van der Waals surface area contributed by atoms with Crippen LogP contribution in [0.3, 0.4) is 0 Å². The summed E-state index contributed by atoms with van der Waals surface area (Å²) in [5, 5.41) is 22.4. The van der Waals surface area contributed by atoms with Crippen molar-refractivity contribution in [1.29, 1.82) is 0 Å². The molecule has 0 radical (unpaired) electrons. The molecule has 4 fully saturated rings. The monoisotopic (exact) mass is 808 g/mol. The lowest BCUT2D eigenvalue weighted by Gasteiger charge is -2.35. The van der Waals surface area contributed by atoms with Crippen molar-refractivity contribution < 1.29 is 38.5 Å². The van der Waals surface area contributed by atoms with Gasteiger partial charge >= 0.3 is 12.1 Å². The van der Waals surface area contributed by atoms with Crippen LogP contribution < -0.4 is 25.4 Å². The molecule has 8 atom stereocenters. The molecule has 3 aliphatic carbocycles. The lowest BCUT2D eigenvalue weighted by atomic mass is 9.85. The molecule has 3 aromatic rings. The number of alkyl carbamates (subject to hydrolysis) is 1. The molecule has 7 rings (SSSR count). The second-order valence-electron chi connectivity index (χ2n) is 16.8. The number of amides is 3. The molecule has 4 aliphatic rings. The van der Waals surface area contributed by atoms with Crippen LogP contribution in [-0.4, -0.2) is 93.4 Å². The Hall–Kier alpha value is -4.63. The maximum Gasteiger partial charge on any atom is 0.408 e. The Labute approximate surface area is 334 Å². The van der Waals surface area contributed by atoms with Gasteiger partial charge in [0.15, 0.2) is 5.13 Å². The number of fused-ring (bicyclic) bond motifs is 2. The van der Waals surface area contributed by atoms with Crippen LogP contribution in [-0.2, 0) is 19.1 Å². The van der Waals surface area contributed by atoms with E-state index in [1.165, 1.54) is 35.8 Å². The number of hydrogen-bond donors (Lipinski definition) is 4. The van der Waals surface area contributed by atoms with Crippen molar-refractivity contribution in [3.63, 3.8) is 0 Å². The summed E-state index contributed by atoms with van der Waals surface area (Å²) in [5.41, 5.74) is -0.830. The third kappa shape index (κ3) is 7.84. The van der Waals surface area contributed by atoms with Crippen molar-refractivity contribution in [3.8, 4) is 22.9 Å². The van der Waals surface area contributed by atoms with Crippen molar-refractivity contribution in [2.24, 2.45) is 23.2 Å². The molecule has 300 valence electrons. The van der Waals surface area contributed by atoms with Crippen LogP contribution >= 0.6 is 22.9 Å². The fourth-order valence-corrected chi connectivity index (χ4v) is 9.18. The van der Waals surface area contributed by atoms with E-state index < -0.39 is 58.9 Å². The topological polar surface area (TPSA) is 181 Å². The van der Waals surface area contributed by atoms with E-state index in [0.717, 1.165) is 12.8 Å². The van der Waals surface area contributed by atoms with Gasteiger partial charge in [-0.25, -0.2) is 19.6 Å². The summed E-state index contributed by atoms with van der Waals surface area (Å²) < 4.78 is 17.9. The number of rotatable bonds is 13. The number of thiazole rings is 1. The number of aromatic nitrogens is 2.